The first-order valence-corrected chi connectivity index (χ1v) is 5.72. The summed E-state index contributed by atoms with van der Waals surface area (Å²) in [4.78, 5) is 16.8. The molecule has 78 valence electrons. The lowest BCUT2D eigenvalue weighted by atomic mass is 10.0. The minimum atomic E-state index is 0.0874. The third-order valence-electron chi connectivity index (χ3n) is 2.21. The van der Waals surface area contributed by atoms with Gasteiger partial charge in [0.05, 0.1) is 0 Å². The first kappa shape index (κ1) is 11.2. The van der Waals surface area contributed by atoms with Gasteiger partial charge in [0.2, 0.25) is 5.91 Å². The van der Waals surface area contributed by atoms with Crippen LogP contribution in [0.15, 0.2) is 6.20 Å². The van der Waals surface area contributed by atoms with Crippen LogP contribution in [-0.2, 0) is 4.79 Å². The second kappa shape index (κ2) is 5.10. The molecular weight excluding hydrogens is 196 g/mol. The molecule has 0 aromatic carbocycles. The van der Waals surface area contributed by atoms with Gasteiger partial charge in [0.25, 0.3) is 0 Å². The number of aryl methyl sites for hydroxylation is 1. The molecule has 3 nitrogen and oxygen atoms in total. The highest BCUT2D eigenvalue weighted by Gasteiger charge is 2.14. The Labute approximate surface area is 88.6 Å². The standard InChI is InChI=1S/C10H16N2OS/c1-4-8(5-2)9(13)12-10-11-6-7(3)14-10/h6,8H,4-5H2,1-3H3,(H,11,12,13). The van der Waals surface area contributed by atoms with Crippen molar-refractivity contribution >= 4 is 22.4 Å². The smallest absolute Gasteiger partial charge is 0.229 e. The van der Waals surface area contributed by atoms with Gasteiger partial charge in [0.1, 0.15) is 0 Å². The highest BCUT2D eigenvalue weighted by molar-refractivity contribution is 7.15. The Morgan fingerprint density at radius 3 is 2.64 bits per heavy atom. The topological polar surface area (TPSA) is 42.0 Å². The Balaban J connectivity index is 2.56. The first-order valence-electron chi connectivity index (χ1n) is 4.90. The second-order valence-electron chi connectivity index (χ2n) is 3.28. The molecule has 1 rings (SSSR count). The number of nitrogens with zero attached hydrogens (tertiary/aromatic N) is 1. The van der Waals surface area contributed by atoms with Gasteiger partial charge in [0.15, 0.2) is 5.13 Å². The van der Waals surface area contributed by atoms with E-state index in [2.05, 4.69) is 10.3 Å². The maximum absolute atomic E-state index is 11.6. The minimum Gasteiger partial charge on any atom is -0.302 e. The zero-order valence-electron chi connectivity index (χ0n) is 8.83. The summed E-state index contributed by atoms with van der Waals surface area (Å²) >= 11 is 1.51. The van der Waals surface area contributed by atoms with E-state index in [1.165, 1.54) is 11.3 Å². The van der Waals surface area contributed by atoms with Crippen molar-refractivity contribution in [1.82, 2.24) is 4.98 Å². The summed E-state index contributed by atoms with van der Waals surface area (Å²) < 4.78 is 0. The molecular formula is C10H16N2OS. The van der Waals surface area contributed by atoms with Crippen molar-refractivity contribution in [3.63, 3.8) is 0 Å². The number of thiazole rings is 1. The van der Waals surface area contributed by atoms with Crippen molar-refractivity contribution in [3.8, 4) is 0 Å². The number of carbonyl (C=O) groups excluding carboxylic acids is 1. The van der Waals surface area contributed by atoms with Crippen molar-refractivity contribution in [2.75, 3.05) is 5.32 Å². The van der Waals surface area contributed by atoms with Gasteiger partial charge in [-0.15, -0.1) is 11.3 Å². The molecule has 0 fully saturated rings. The van der Waals surface area contributed by atoms with Gasteiger partial charge in [-0.3, -0.25) is 4.79 Å². The molecule has 0 saturated heterocycles. The number of aromatic nitrogens is 1. The average Bonchev–Trinajstić information content (AvgIpc) is 2.53. The van der Waals surface area contributed by atoms with Crippen molar-refractivity contribution in [1.29, 1.82) is 0 Å². The van der Waals surface area contributed by atoms with Crippen LogP contribution < -0.4 is 5.32 Å². The van der Waals surface area contributed by atoms with Crippen molar-refractivity contribution in [3.05, 3.63) is 11.1 Å². The van der Waals surface area contributed by atoms with E-state index in [1.807, 2.05) is 20.8 Å². The van der Waals surface area contributed by atoms with E-state index in [0.717, 1.165) is 17.7 Å². The number of hydrogen-bond donors (Lipinski definition) is 1. The molecule has 1 amide bonds. The molecule has 0 aliphatic rings. The van der Waals surface area contributed by atoms with Gasteiger partial charge in [-0.2, -0.15) is 0 Å². The van der Waals surface area contributed by atoms with Crippen LogP contribution in [0.4, 0.5) is 5.13 Å². The van der Waals surface area contributed by atoms with Crippen LogP contribution in [0.2, 0.25) is 0 Å². The summed E-state index contributed by atoms with van der Waals surface area (Å²) in [6.45, 7) is 6.03. The van der Waals surface area contributed by atoms with E-state index in [0.29, 0.717) is 5.13 Å². The number of amides is 1. The molecule has 0 spiro atoms. The predicted octanol–water partition coefficient (Wildman–Crippen LogP) is 2.83. The van der Waals surface area contributed by atoms with Crippen LogP contribution >= 0.6 is 11.3 Å². The fourth-order valence-corrected chi connectivity index (χ4v) is 1.95. The van der Waals surface area contributed by atoms with Crippen LogP contribution in [0.5, 0.6) is 0 Å². The van der Waals surface area contributed by atoms with E-state index in [1.54, 1.807) is 6.20 Å². The Bertz CT molecular complexity index is 305. The average molecular weight is 212 g/mol. The molecule has 0 unspecified atom stereocenters. The van der Waals surface area contributed by atoms with Gasteiger partial charge >= 0.3 is 0 Å². The molecule has 1 N–H and O–H groups in total. The van der Waals surface area contributed by atoms with Crippen LogP contribution in [0.25, 0.3) is 0 Å². The zero-order chi connectivity index (χ0) is 10.6. The van der Waals surface area contributed by atoms with Gasteiger partial charge in [-0.05, 0) is 19.8 Å². The Morgan fingerprint density at radius 1 is 1.57 bits per heavy atom. The highest BCUT2D eigenvalue weighted by atomic mass is 32.1. The maximum atomic E-state index is 11.6. The normalized spacial score (nSPS) is 10.6. The zero-order valence-corrected chi connectivity index (χ0v) is 9.65. The predicted molar refractivity (Wildman–Crippen MR) is 59.6 cm³/mol. The lowest BCUT2D eigenvalue weighted by Crippen LogP contribution is -2.21. The molecule has 0 saturated carbocycles. The van der Waals surface area contributed by atoms with Gasteiger partial charge in [-0.25, -0.2) is 4.98 Å². The van der Waals surface area contributed by atoms with Gasteiger partial charge < -0.3 is 5.32 Å². The molecule has 0 radical (unpaired) electrons. The molecule has 0 bridgehead atoms. The summed E-state index contributed by atoms with van der Waals surface area (Å²) in [5, 5.41) is 3.54. The van der Waals surface area contributed by atoms with E-state index in [9.17, 15) is 4.79 Å². The SMILES string of the molecule is CCC(CC)C(=O)Nc1ncc(C)s1. The lowest BCUT2D eigenvalue weighted by molar-refractivity contribution is -0.120. The van der Waals surface area contributed by atoms with Crippen LogP contribution in [0, 0.1) is 12.8 Å². The molecule has 1 aromatic rings. The Kier molecular flexibility index (Phi) is 4.07. The summed E-state index contributed by atoms with van der Waals surface area (Å²) in [6, 6.07) is 0. The largest absolute Gasteiger partial charge is 0.302 e. The molecule has 14 heavy (non-hydrogen) atoms. The molecule has 4 heteroatoms. The summed E-state index contributed by atoms with van der Waals surface area (Å²) in [7, 11) is 0. The van der Waals surface area contributed by atoms with E-state index in [-0.39, 0.29) is 11.8 Å². The minimum absolute atomic E-state index is 0.0874. The van der Waals surface area contributed by atoms with Crippen LogP contribution in [-0.4, -0.2) is 10.9 Å². The molecule has 0 aliphatic heterocycles. The second-order valence-corrected chi connectivity index (χ2v) is 4.51. The third kappa shape index (κ3) is 2.80. The fraction of sp³-hybridized carbons (Fsp3) is 0.600. The third-order valence-corrected chi connectivity index (χ3v) is 3.04. The number of carbonyl (C=O) groups is 1. The Hall–Kier alpha value is -0.900. The number of hydrogen-bond acceptors (Lipinski definition) is 3. The van der Waals surface area contributed by atoms with Crippen LogP contribution in [0.3, 0.4) is 0 Å². The molecule has 1 heterocycles. The summed E-state index contributed by atoms with van der Waals surface area (Å²) in [6.07, 6.45) is 3.53. The summed E-state index contributed by atoms with van der Waals surface area (Å²) in [5.74, 6) is 0.198. The lowest BCUT2D eigenvalue weighted by Gasteiger charge is -2.10. The van der Waals surface area contributed by atoms with E-state index >= 15 is 0 Å². The molecule has 0 atom stereocenters. The van der Waals surface area contributed by atoms with Crippen molar-refractivity contribution < 1.29 is 4.79 Å². The van der Waals surface area contributed by atoms with Crippen LogP contribution in [0.1, 0.15) is 31.6 Å². The van der Waals surface area contributed by atoms with Crippen molar-refractivity contribution in [2.45, 2.75) is 33.6 Å². The number of anilines is 1. The molecule has 1 aromatic heterocycles. The Morgan fingerprint density at radius 2 is 2.21 bits per heavy atom. The van der Waals surface area contributed by atoms with Gasteiger partial charge in [0, 0.05) is 17.0 Å². The summed E-state index contributed by atoms with van der Waals surface area (Å²) in [5.41, 5.74) is 0. The monoisotopic (exact) mass is 212 g/mol. The van der Waals surface area contributed by atoms with Crippen molar-refractivity contribution in [2.24, 2.45) is 5.92 Å². The quantitative estimate of drug-likeness (QED) is 0.833. The van der Waals surface area contributed by atoms with E-state index in [4.69, 9.17) is 0 Å². The van der Waals surface area contributed by atoms with Gasteiger partial charge in [-0.1, -0.05) is 13.8 Å². The number of rotatable bonds is 4. The molecule has 0 aliphatic carbocycles. The van der Waals surface area contributed by atoms with E-state index < -0.39 is 0 Å². The number of nitrogens with one attached hydrogen (secondary N) is 1. The fourth-order valence-electron chi connectivity index (χ4n) is 1.28. The highest BCUT2D eigenvalue weighted by Crippen LogP contribution is 2.18. The first-order chi connectivity index (χ1) is 6.67. The maximum Gasteiger partial charge on any atom is 0.229 e.